The zero-order valence-corrected chi connectivity index (χ0v) is 18.5. The number of alkyl halides is 2. The maximum Gasteiger partial charge on any atom is 0.387 e. The lowest BCUT2D eigenvalue weighted by Gasteiger charge is -2.14. The third-order valence-electron chi connectivity index (χ3n) is 4.09. The first kappa shape index (κ1) is 24.2. The number of hydrogen-bond donors (Lipinski definition) is 1. The number of hydrogen-bond acceptors (Lipinski definition) is 6. The minimum Gasteiger partial charge on any atom is -0.462 e. The predicted molar refractivity (Wildman–Crippen MR) is 118 cm³/mol. The molecule has 0 aliphatic rings. The first-order valence-corrected chi connectivity index (χ1v) is 10.2. The Balaban J connectivity index is 1.91. The summed E-state index contributed by atoms with van der Waals surface area (Å²) in [5.74, 6) is -1.58. The number of amides is 1. The summed E-state index contributed by atoms with van der Waals surface area (Å²) in [5.41, 5.74) is 0.370. The van der Waals surface area contributed by atoms with Crippen LogP contribution in [-0.2, 0) is 4.74 Å². The number of anilines is 1. The number of ether oxygens (including phenoxy) is 3. The molecular weight excluding hydrogens is 481 g/mol. The van der Waals surface area contributed by atoms with Crippen LogP contribution >= 0.6 is 23.2 Å². The number of carbonyl (C=O) groups excluding carboxylic acids is 2. The van der Waals surface area contributed by atoms with E-state index >= 15 is 0 Å². The van der Waals surface area contributed by atoms with Gasteiger partial charge in [0.2, 0.25) is 0 Å². The topological polar surface area (TPSA) is 86.8 Å². The van der Waals surface area contributed by atoms with Gasteiger partial charge in [0.15, 0.2) is 11.5 Å². The van der Waals surface area contributed by atoms with Crippen LogP contribution in [0, 0.1) is 0 Å². The van der Waals surface area contributed by atoms with Crippen LogP contribution in [0.1, 0.15) is 27.6 Å². The van der Waals surface area contributed by atoms with Crippen LogP contribution in [0.15, 0.2) is 54.9 Å². The number of nitrogens with one attached hydrogen (secondary N) is 1. The van der Waals surface area contributed by atoms with Crippen LogP contribution in [0.5, 0.6) is 17.2 Å². The molecule has 2 aromatic carbocycles. The fraction of sp³-hybridized carbons (Fsp3) is 0.136. The summed E-state index contributed by atoms with van der Waals surface area (Å²) >= 11 is 12.0. The summed E-state index contributed by atoms with van der Waals surface area (Å²) in [6, 6.07) is 9.52. The zero-order chi connectivity index (χ0) is 24.0. The lowest BCUT2D eigenvalue weighted by molar-refractivity contribution is -0.0510. The molecule has 0 saturated heterocycles. The largest absolute Gasteiger partial charge is 0.462 e. The van der Waals surface area contributed by atoms with Crippen LogP contribution in [0.2, 0.25) is 10.0 Å². The van der Waals surface area contributed by atoms with Crippen molar-refractivity contribution in [1.82, 2.24) is 4.98 Å². The minimum absolute atomic E-state index is 0.0390. The van der Waals surface area contributed by atoms with Gasteiger partial charge in [-0.25, -0.2) is 4.79 Å². The number of pyridine rings is 1. The Hall–Kier alpha value is -3.43. The SMILES string of the molecule is CCOC(=O)c1cccc(Oc2cc(C(=O)Nc3c(Cl)cncc3Cl)ccc2OC(F)F)c1. The smallest absolute Gasteiger partial charge is 0.387 e. The molecule has 0 atom stereocenters. The molecule has 33 heavy (non-hydrogen) atoms. The van der Waals surface area contributed by atoms with Crippen molar-refractivity contribution in [3.63, 3.8) is 0 Å². The Labute approximate surface area is 197 Å². The highest BCUT2D eigenvalue weighted by Gasteiger charge is 2.18. The molecule has 1 heterocycles. The summed E-state index contributed by atoms with van der Waals surface area (Å²) in [4.78, 5) is 28.5. The second kappa shape index (κ2) is 10.9. The maximum atomic E-state index is 12.9. The molecule has 0 bridgehead atoms. The summed E-state index contributed by atoms with van der Waals surface area (Å²) in [5, 5.41) is 2.76. The first-order valence-electron chi connectivity index (χ1n) is 9.42. The molecule has 3 aromatic rings. The van der Waals surface area contributed by atoms with Crippen molar-refractivity contribution in [3.05, 3.63) is 76.0 Å². The van der Waals surface area contributed by atoms with Gasteiger partial charge in [-0.15, -0.1) is 0 Å². The molecule has 172 valence electrons. The molecule has 7 nitrogen and oxygen atoms in total. The number of aromatic nitrogens is 1. The van der Waals surface area contributed by atoms with E-state index in [0.717, 1.165) is 6.07 Å². The van der Waals surface area contributed by atoms with Gasteiger partial charge < -0.3 is 19.5 Å². The number of esters is 1. The molecule has 0 unspecified atom stereocenters. The monoisotopic (exact) mass is 496 g/mol. The van der Waals surface area contributed by atoms with Crippen LogP contribution in [0.3, 0.4) is 0 Å². The Morgan fingerprint density at radius 2 is 1.76 bits per heavy atom. The molecule has 0 aliphatic heterocycles. The van der Waals surface area contributed by atoms with Gasteiger partial charge in [0.25, 0.3) is 5.91 Å². The number of halogens is 4. The average Bonchev–Trinajstić information content (AvgIpc) is 2.77. The van der Waals surface area contributed by atoms with Gasteiger partial charge in [-0.05, 0) is 43.3 Å². The molecule has 0 spiro atoms. The standard InChI is InChI=1S/C22H16Cl2F2N2O5/c1-2-31-21(30)13-4-3-5-14(8-13)32-18-9-12(6-7-17(18)33-22(25)26)20(29)28-19-15(23)10-27-11-16(19)24/h3-11,22H,2H2,1H3,(H,27,28,29). The van der Waals surface area contributed by atoms with Crippen molar-refractivity contribution in [2.24, 2.45) is 0 Å². The Kier molecular flexibility index (Phi) is 8.02. The van der Waals surface area contributed by atoms with Gasteiger partial charge in [0, 0.05) is 18.0 Å². The summed E-state index contributed by atoms with van der Waals surface area (Å²) < 4.78 is 40.8. The van der Waals surface area contributed by atoms with E-state index in [1.165, 1.54) is 48.8 Å². The Morgan fingerprint density at radius 3 is 2.42 bits per heavy atom. The summed E-state index contributed by atoms with van der Waals surface area (Å²) in [6.07, 6.45) is 2.60. The predicted octanol–water partition coefficient (Wildman–Crippen LogP) is 6.21. The van der Waals surface area contributed by atoms with Crippen molar-refractivity contribution in [2.45, 2.75) is 13.5 Å². The second-order valence-electron chi connectivity index (χ2n) is 6.32. The van der Waals surface area contributed by atoms with Crippen molar-refractivity contribution in [3.8, 4) is 17.2 Å². The van der Waals surface area contributed by atoms with Crippen molar-refractivity contribution >= 4 is 40.8 Å². The highest BCUT2D eigenvalue weighted by molar-refractivity contribution is 6.39. The molecule has 11 heteroatoms. The zero-order valence-electron chi connectivity index (χ0n) is 17.0. The number of nitrogens with zero attached hydrogens (tertiary/aromatic N) is 1. The number of benzene rings is 2. The summed E-state index contributed by atoms with van der Waals surface area (Å²) in [6.45, 7) is -1.29. The van der Waals surface area contributed by atoms with E-state index in [1.807, 2.05) is 0 Å². The van der Waals surface area contributed by atoms with E-state index in [2.05, 4.69) is 15.0 Å². The number of rotatable bonds is 8. The molecule has 1 aromatic heterocycles. The average molecular weight is 497 g/mol. The first-order chi connectivity index (χ1) is 15.8. The van der Waals surface area contributed by atoms with E-state index < -0.39 is 18.5 Å². The molecular formula is C22H16Cl2F2N2O5. The van der Waals surface area contributed by atoms with Gasteiger partial charge in [-0.2, -0.15) is 8.78 Å². The Morgan fingerprint density at radius 1 is 1.03 bits per heavy atom. The minimum atomic E-state index is -3.13. The van der Waals surface area contributed by atoms with E-state index in [0.29, 0.717) is 0 Å². The summed E-state index contributed by atoms with van der Waals surface area (Å²) in [7, 11) is 0. The molecule has 0 fully saturated rings. The van der Waals surface area contributed by atoms with E-state index in [9.17, 15) is 18.4 Å². The lowest BCUT2D eigenvalue weighted by atomic mass is 10.1. The van der Waals surface area contributed by atoms with Crippen LogP contribution in [0.4, 0.5) is 14.5 Å². The molecule has 1 N–H and O–H groups in total. The second-order valence-corrected chi connectivity index (χ2v) is 7.14. The van der Waals surface area contributed by atoms with Gasteiger partial charge in [0.05, 0.1) is 27.9 Å². The maximum absolute atomic E-state index is 12.9. The van der Waals surface area contributed by atoms with Crippen molar-refractivity contribution in [2.75, 3.05) is 11.9 Å². The van der Waals surface area contributed by atoms with Crippen LogP contribution in [0.25, 0.3) is 0 Å². The molecule has 0 aliphatic carbocycles. The van der Waals surface area contributed by atoms with E-state index in [4.69, 9.17) is 32.7 Å². The highest BCUT2D eigenvalue weighted by atomic mass is 35.5. The fourth-order valence-corrected chi connectivity index (χ4v) is 3.13. The van der Waals surface area contributed by atoms with Crippen LogP contribution < -0.4 is 14.8 Å². The molecule has 1 amide bonds. The third kappa shape index (κ3) is 6.30. The Bertz CT molecular complexity index is 1160. The fourth-order valence-electron chi connectivity index (χ4n) is 2.67. The van der Waals surface area contributed by atoms with Crippen LogP contribution in [-0.4, -0.2) is 30.1 Å². The quantitative estimate of drug-likeness (QED) is 0.373. The normalized spacial score (nSPS) is 10.6. The highest BCUT2D eigenvalue weighted by Crippen LogP contribution is 2.35. The van der Waals surface area contributed by atoms with Crippen molar-refractivity contribution < 1.29 is 32.6 Å². The molecule has 0 saturated carbocycles. The lowest BCUT2D eigenvalue weighted by Crippen LogP contribution is -2.13. The van der Waals surface area contributed by atoms with E-state index in [-0.39, 0.29) is 50.7 Å². The van der Waals surface area contributed by atoms with Gasteiger partial charge in [0.1, 0.15) is 5.75 Å². The number of carbonyl (C=O) groups is 2. The van der Waals surface area contributed by atoms with Gasteiger partial charge in [-0.1, -0.05) is 29.3 Å². The molecule has 3 rings (SSSR count). The van der Waals surface area contributed by atoms with Crippen molar-refractivity contribution in [1.29, 1.82) is 0 Å². The van der Waals surface area contributed by atoms with E-state index in [1.54, 1.807) is 6.92 Å². The van der Waals surface area contributed by atoms with Gasteiger partial charge >= 0.3 is 12.6 Å². The molecule has 0 radical (unpaired) electrons. The van der Waals surface area contributed by atoms with Gasteiger partial charge in [-0.3, -0.25) is 9.78 Å². The third-order valence-corrected chi connectivity index (χ3v) is 4.66.